The molecule has 16 heavy (non-hydrogen) atoms. The number of nitrogens with zero attached hydrogens (tertiary/aromatic N) is 3. The summed E-state index contributed by atoms with van der Waals surface area (Å²) >= 11 is 4.88. The highest BCUT2D eigenvalue weighted by molar-refractivity contribution is 9.10. The van der Waals surface area contributed by atoms with E-state index in [1.165, 1.54) is 11.8 Å². The SMILES string of the molecule is CC(O)C(C)Sc1nc(Br)cn2ccnc12. The number of rotatable bonds is 3. The number of aliphatic hydroxyl groups is 1. The fourth-order valence-corrected chi connectivity index (χ4v) is 2.71. The third kappa shape index (κ3) is 2.39. The van der Waals surface area contributed by atoms with Crippen molar-refractivity contribution in [1.29, 1.82) is 0 Å². The summed E-state index contributed by atoms with van der Waals surface area (Å²) in [6, 6.07) is 0. The van der Waals surface area contributed by atoms with Crippen LogP contribution in [0.4, 0.5) is 0 Å². The highest BCUT2D eigenvalue weighted by Gasteiger charge is 2.15. The van der Waals surface area contributed by atoms with Crippen LogP contribution >= 0.6 is 27.7 Å². The van der Waals surface area contributed by atoms with E-state index in [9.17, 15) is 5.11 Å². The molecule has 2 unspecified atom stereocenters. The fourth-order valence-electron chi connectivity index (χ4n) is 1.23. The van der Waals surface area contributed by atoms with Crippen molar-refractivity contribution >= 4 is 33.3 Å². The lowest BCUT2D eigenvalue weighted by atomic mass is 10.3. The van der Waals surface area contributed by atoms with Gasteiger partial charge in [-0.15, -0.1) is 0 Å². The van der Waals surface area contributed by atoms with Crippen molar-refractivity contribution in [2.45, 2.75) is 30.2 Å². The Morgan fingerprint density at radius 2 is 2.25 bits per heavy atom. The van der Waals surface area contributed by atoms with Crippen LogP contribution < -0.4 is 0 Å². The maximum Gasteiger partial charge on any atom is 0.169 e. The maximum absolute atomic E-state index is 9.49. The van der Waals surface area contributed by atoms with E-state index in [1.807, 2.05) is 23.7 Å². The molecule has 86 valence electrons. The number of thioether (sulfide) groups is 1. The maximum atomic E-state index is 9.49. The molecular weight excluding hydrogens is 290 g/mol. The topological polar surface area (TPSA) is 50.4 Å². The lowest BCUT2D eigenvalue weighted by Gasteiger charge is -2.13. The zero-order valence-corrected chi connectivity index (χ0v) is 11.4. The Balaban J connectivity index is 2.39. The van der Waals surface area contributed by atoms with Crippen LogP contribution in [0.25, 0.3) is 5.65 Å². The number of aromatic nitrogens is 3. The van der Waals surface area contributed by atoms with Crippen molar-refractivity contribution in [3.8, 4) is 0 Å². The quantitative estimate of drug-likeness (QED) is 0.884. The molecular formula is C10H12BrN3OS. The molecule has 0 fully saturated rings. The van der Waals surface area contributed by atoms with Crippen molar-refractivity contribution in [1.82, 2.24) is 14.4 Å². The van der Waals surface area contributed by atoms with Crippen LogP contribution in [0.2, 0.25) is 0 Å². The molecule has 0 aromatic carbocycles. The summed E-state index contributed by atoms with van der Waals surface area (Å²) in [4.78, 5) is 8.63. The van der Waals surface area contributed by atoms with Crippen molar-refractivity contribution in [3.63, 3.8) is 0 Å². The van der Waals surface area contributed by atoms with E-state index in [-0.39, 0.29) is 11.4 Å². The molecule has 0 spiro atoms. The van der Waals surface area contributed by atoms with Gasteiger partial charge in [0.2, 0.25) is 0 Å². The molecule has 0 aliphatic carbocycles. The zero-order chi connectivity index (χ0) is 11.7. The standard InChI is InChI=1S/C10H12BrN3OS/c1-6(15)7(2)16-10-9-12-3-4-14(9)5-8(11)13-10/h3-7,15H,1-2H3. The lowest BCUT2D eigenvalue weighted by molar-refractivity contribution is 0.196. The molecule has 0 amide bonds. The lowest BCUT2D eigenvalue weighted by Crippen LogP contribution is -2.15. The number of halogens is 1. The van der Waals surface area contributed by atoms with Gasteiger partial charge in [0.25, 0.3) is 0 Å². The monoisotopic (exact) mass is 301 g/mol. The van der Waals surface area contributed by atoms with E-state index in [4.69, 9.17) is 0 Å². The Morgan fingerprint density at radius 3 is 2.94 bits per heavy atom. The van der Waals surface area contributed by atoms with Gasteiger partial charge in [-0.1, -0.05) is 18.7 Å². The van der Waals surface area contributed by atoms with Crippen LogP contribution in [0, 0.1) is 0 Å². The smallest absolute Gasteiger partial charge is 0.169 e. The third-order valence-corrected chi connectivity index (χ3v) is 3.94. The van der Waals surface area contributed by atoms with Gasteiger partial charge in [0.15, 0.2) is 5.65 Å². The van der Waals surface area contributed by atoms with Gasteiger partial charge in [0.05, 0.1) is 6.10 Å². The first-order valence-electron chi connectivity index (χ1n) is 4.92. The molecule has 1 N–H and O–H groups in total. The fraction of sp³-hybridized carbons (Fsp3) is 0.400. The third-order valence-electron chi connectivity index (χ3n) is 2.29. The average Bonchev–Trinajstić information content (AvgIpc) is 2.65. The highest BCUT2D eigenvalue weighted by atomic mass is 79.9. The second-order valence-electron chi connectivity index (χ2n) is 3.59. The minimum Gasteiger partial charge on any atom is -0.392 e. The first-order chi connectivity index (χ1) is 7.58. The number of fused-ring (bicyclic) bond motifs is 1. The number of hydrogen-bond acceptors (Lipinski definition) is 4. The van der Waals surface area contributed by atoms with Gasteiger partial charge in [-0.3, -0.25) is 0 Å². The van der Waals surface area contributed by atoms with Crippen molar-refractivity contribution in [2.24, 2.45) is 0 Å². The summed E-state index contributed by atoms with van der Waals surface area (Å²) in [5.74, 6) is 0. The van der Waals surface area contributed by atoms with Gasteiger partial charge in [0, 0.05) is 23.8 Å². The van der Waals surface area contributed by atoms with Crippen LogP contribution in [0.1, 0.15) is 13.8 Å². The first kappa shape index (κ1) is 11.9. The summed E-state index contributed by atoms with van der Waals surface area (Å²) in [5.41, 5.74) is 0.820. The van der Waals surface area contributed by atoms with E-state index in [2.05, 4.69) is 25.9 Å². The molecule has 2 heterocycles. The molecule has 6 heteroatoms. The minimum absolute atomic E-state index is 0.0855. The van der Waals surface area contributed by atoms with Crippen molar-refractivity contribution in [3.05, 3.63) is 23.2 Å². The average molecular weight is 302 g/mol. The Labute approximate surface area is 106 Å². The predicted molar refractivity (Wildman–Crippen MR) is 67.7 cm³/mol. The Bertz CT molecular complexity index is 500. The molecule has 4 nitrogen and oxygen atoms in total. The van der Waals surface area contributed by atoms with E-state index in [0.717, 1.165) is 15.3 Å². The van der Waals surface area contributed by atoms with Crippen LogP contribution in [-0.2, 0) is 0 Å². The van der Waals surface area contributed by atoms with Crippen molar-refractivity contribution < 1.29 is 5.11 Å². The largest absolute Gasteiger partial charge is 0.392 e. The van der Waals surface area contributed by atoms with Crippen LogP contribution in [0.5, 0.6) is 0 Å². The highest BCUT2D eigenvalue weighted by Crippen LogP contribution is 2.27. The molecule has 2 aromatic heterocycles. The van der Waals surface area contributed by atoms with Gasteiger partial charge in [-0.05, 0) is 22.9 Å². The van der Waals surface area contributed by atoms with Gasteiger partial charge < -0.3 is 9.51 Å². The van der Waals surface area contributed by atoms with E-state index in [1.54, 1.807) is 13.1 Å². The first-order valence-corrected chi connectivity index (χ1v) is 6.59. The number of aliphatic hydroxyl groups excluding tert-OH is 1. The van der Waals surface area contributed by atoms with Crippen LogP contribution in [0.3, 0.4) is 0 Å². The van der Waals surface area contributed by atoms with Crippen LogP contribution in [-0.4, -0.2) is 30.8 Å². The molecule has 0 bridgehead atoms. The molecule has 0 saturated carbocycles. The van der Waals surface area contributed by atoms with Gasteiger partial charge >= 0.3 is 0 Å². The zero-order valence-electron chi connectivity index (χ0n) is 8.96. The summed E-state index contributed by atoms with van der Waals surface area (Å²) < 4.78 is 2.67. The normalized spacial score (nSPS) is 15.2. The molecule has 0 aliphatic rings. The summed E-state index contributed by atoms with van der Waals surface area (Å²) in [6.45, 7) is 3.75. The summed E-state index contributed by atoms with van der Waals surface area (Å²) in [6.07, 6.45) is 5.10. The predicted octanol–water partition coefficient (Wildman–Crippen LogP) is 2.35. The molecule has 2 rings (SSSR count). The molecule has 2 atom stereocenters. The Kier molecular flexibility index (Phi) is 3.51. The van der Waals surface area contributed by atoms with Crippen molar-refractivity contribution in [2.75, 3.05) is 0 Å². The minimum atomic E-state index is -0.374. The van der Waals surface area contributed by atoms with E-state index >= 15 is 0 Å². The molecule has 2 aromatic rings. The van der Waals surface area contributed by atoms with Gasteiger partial charge in [0.1, 0.15) is 9.63 Å². The number of imidazole rings is 1. The summed E-state index contributed by atoms with van der Waals surface area (Å²) in [5, 5.41) is 10.4. The van der Waals surface area contributed by atoms with E-state index < -0.39 is 0 Å². The van der Waals surface area contributed by atoms with Gasteiger partial charge in [-0.2, -0.15) is 0 Å². The van der Waals surface area contributed by atoms with E-state index in [0.29, 0.717) is 0 Å². The van der Waals surface area contributed by atoms with Gasteiger partial charge in [-0.25, -0.2) is 9.97 Å². The molecule has 0 radical (unpaired) electrons. The Morgan fingerprint density at radius 1 is 1.50 bits per heavy atom. The van der Waals surface area contributed by atoms with Crippen LogP contribution in [0.15, 0.2) is 28.2 Å². The Hall–Kier alpha value is -0.590. The molecule has 0 aliphatic heterocycles. The number of hydrogen-bond donors (Lipinski definition) is 1. The second kappa shape index (κ2) is 4.73. The molecule has 0 saturated heterocycles. The summed E-state index contributed by atoms with van der Waals surface area (Å²) in [7, 11) is 0. The second-order valence-corrected chi connectivity index (χ2v) is 5.77.